The number of hydrogen-bond acceptors (Lipinski definition) is 9. The van der Waals surface area contributed by atoms with Gasteiger partial charge in [0.25, 0.3) is 0 Å². The van der Waals surface area contributed by atoms with Crippen LogP contribution in [0.2, 0.25) is 5.02 Å². The summed E-state index contributed by atoms with van der Waals surface area (Å²) in [6.45, 7) is 3.48. The second kappa shape index (κ2) is 11.8. The quantitative estimate of drug-likeness (QED) is 0.216. The van der Waals surface area contributed by atoms with Crippen LogP contribution in [0.25, 0.3) is 0 Å². The van der Waals surface area contributed by atoms with Gasteiger partial charge < -0.3 is 30.3 Å². The van der Waals surface area contributed by atoms with Gasteiger partial charge in [-0.05, 0) is 74.4 Å². The summed E-state index contributed by atoms with van der Waals surface area (Å²) in [5.74, 6) is 1.97. The molecule has 10 heteroatoms. The summed E-state index contributed by atoms with van der Waals surface area (Å²) in [5.41, 5.74) is 5.27. The molecule has 0 radical (unpaired) electrons. The Morgan fingerprint density at radius 1 is 1.07 bits per heavy atom. The SMILES string of the molecule is COc1cc2c(cc1Nc1ncc(C#N)c(Nc3ccc(OCc4ccccc4)c(Cl)c3)n1)NCC21CCN(C)CC1. The van der Waals surface area contributed by atoms with Crippen molar-refractivity contribution in [3.63, 3.8) is 0 Å². The zero-order valence-electron chi connectivity index (χ0n) is 23.6. The second-order valence-electron chi connectivity index (χ2n) is 10.8. The van der Waals surface area contributed by atoms with Crippen molar-refractivity contribution in [3.05, 3.63) is 88.6 Å². The third kappa shape index (κ3) is 5.64. The fraction of sp³-hybridized carbons (Fsp3) is 0.281. The van der Waals surface area contributed by atoms with Crippen LogP contribution in [0.15, 0.2) is 66.9 Å². The molecule has 1 fully saturated rings. The number of aromatic nitrogens is 2. The van der Waals surface area contributed by atoms with Gasteiger partial charge in [-0.1, -0.05) is 41.9 Å². The maximum Gasteiger partial charge on any atom is 0.229 e. The van der Waals surface area contributed by atoms with Crippen LogP contribution in [0.4, 0.5) is 28.8 Å². The van der Waals surface area contributed by atoms with Crippen LogP contribution in [0.1, 0.15) is 29.5 Å². The predicted octanol–water partition coefficient (Wildman–Crippen LogP) is 6.47. The highest BCUT2D eigenvalue weighted by Gasteiger charge is 2.41. The lowest BCUT2D eigenvalue weighted by atomic mass is 9.74. The molecule has 0 amide bonds. The number of nitriles is 1. The van der Waals surface area contributed by atoms with Crippen molar-refractivity contribution in [3.8, 4) is 17.6 Å². The average Bonchev–Trinajstić information content (AvgIpc) is 3.35. The Morgan fingerprint density at radius 2 is 1.88 bits per heavy atom. The van der Waals surface area contributed by atoms with Crippen LogP contribution >= 0.6 is 11.6 Å². The van der Waals surface area contributed by atoms with Gasteiger partial charge in [0.05, 0.1) is 24.0 Å². The summed E-state index contributed by atoms with van der Waals surface area (Å²) in [6, 6.07) is 21.6. The Morgan fingerprint density at radius 3 is 2.62 bits per heavy atom. The largest absolute Gasteiger partial charge is 0.495 e. The molecule has 0 aliphatic carbocycles. The standard InChI is InChI=1S/C32H32ClN7O2/c1-40-12-10-32(11-13-40)20-36-26-16-27(29(41-2)15-24(26)32)38-31-35-18-22(17-34)30(39-31)37-23-8-9-28(25(33)14-23)42-19-21-6-4-3-5-7-21/h3-9,14-16,18,36H,10-13,19-20H2,1-2H3,(H2,35,37,38,39). The summed E-state index contributed by atoms with van der Waals surface area (Å²) < 4.78 is 11.7. The highest BCUT2D eigenvalue weighted by molar-refractivity contribution is 6.32. The molecule has 3 heterocycles. The molecule has 214 valence electrons. The van der Waals surface area contributed by atoms with Crippen LogP contribution in [-0.2, 0) is 12.0 Å². The van der Waals surface area contributed by atoms with E-state index in [9.17, 15) is 5.26 Å². The molecule has 6 rings (SSSR count). The molecule has 0 saturated carbocycles. The fourth-order valence-corrected chi connectivity index (χ4v) is 5.83. The Bertz CT molecular complexity index is 1630. The first-order valence-corrected chi connectivity index (χ1v) is 14.3. The molecule has 3 N–H and O–H groups in total. The second-order valence-corrected chi connectivity index (χ2v) is 11.2. The third-order valence-electron chi connectivity index (χ3n) is 8.06. The first-order valence-electron chi connectivity index (χ1n) is 13.9. The van der Waals surface area contributed by atoms with E-state index in [1.165, 1.54) is 11.8 Å². The van der Waals surface area contributed by atoms with Crippen molar-refractivity contribution in [2.24, 2.45) is 0 Å². The Balaban J connectivity index is 1.20. The summed E-state index contributed by atoms with van der Waals surface area (Å²) in [4.78, 5) is 11.4. The molecule has 42 heavy (non-hydrogen) atoms. The number of ether oxygens (including phenoxy) is 2. The van der Waals surface area contributed by atoms with Crippen LogP contribution in [-0.4, -0.2) is 48.7 Å². The van der Waals surface area contributed by atoms with Gasteiger partial charge in [0.1, 0.15) is 29.7 Å². The zero-order chi connectivity index (χ0) is 29.1. The van der Waals surface area contributed by atoms with Crippen molar-refractivity contribution < 1.29 is 9.47 Å². The van der Waals surface area contributed by atoms with Crippen LogP contribution < -0.4 is 25.4 Å². The maximum absolute atomic E-state index is 9.71. The highest BCUT2D eigenvalue weighted by atomic mass is 35.5. The average molecular weight is 582 g/mol. The van der Waals surface area contributed by atoms with Gasteiger partial charge in [-0.3, -0.25) is 0 Å². The molecule has 2 aliphatic rings. The van der Waals surface area contributed by atoms with Crippen molar-refractivity contribution in [2.75, 3.05) is 49.7 Å². The molecule has 0 bridgehead atoms. The number of nitrogens with one attached hydrogen (secondary N) is 3. The number of hydrogen-bond donors (Lipinski definition) is 3. The zero-order valence-corrected chi connectivity index (χ0v) is 24.3. The first kappa shape index (κ1) is 27.6. The van der Waals surface area contributed by atoms with Gasteiger partial charge in [-0.15, -0.1) is 0 Å². The summed E-state index contributed by atoms with van der Waals surface area (Å²) in [7, 11) is 3.84. The summed E-state index contributed by atoms with van der Waals surface area (Å²) >= 11 is 6.52. The Hall–Kier alpha value is -4.52. The van der Waals surface area contributed by atoms with Crippen molar-refractivity contribution >= 4 is 40.4 Å². The smallest absolute Gasteiger partial charge is 0.229 e. The molecule has 1 saturated heterocycles. The van der Waals surface area contributed by atoms with E-state index >= 15 is 0 Å². The van der Waals surface area contributed by atoms with Crippen LogP contribution in [0.3, 0.4) is 0 Å². The molecule has 0 atom stereocenters. The topological polar surface area (TPSA) is 107 Å². The summed E-state index contributed by atoms with van der Waals surface area (Å²) in [5, 5.41) is 20.3. The van der Waals surface area contributed by atoms with Gasteiger partial charge in [0, 0.05) is 23.3 Å². The minimum Gasteiger partial charge on any atom is -0.495 e. The number of benzene rings is 3. The fourth-order valence-electron chi connectivity index (χ4n) is 5.59. The molecule has 9 nitrogen and oxygen atoms in total. The lowest BCUT2D eigenvalue weighted by Crippen LogP contribution is -2.42. The predicted molar refractivity (Wildman–Crippen MR) is 165 cm³/mol. The Labute approximate surface area is 250 Å². The van der Waals surface area contributed by atoms with E-state index in [1.54, 1.807) is 19.2 Å². The highest BCUT2D eigenvalue weighted by Crippen LogP contribution is 2.47. The van der Waals surface area contributed by atoms with Crippen LogP contribution in [0, 0.1) is 11.3 Å². The lowest BCUT2D eigenvalue weighted by molar-refractivity contribution is 0.200. The molecular weight excluding hydrogens is 550 g/mol. The number of rotatable bonds is 8. The van der Waals surface area contributed by atoms with E-state index in [2.05, 4.69) is 56.1 Å². The van der Waals surface area contributed by atoms with E-state index in [0.717, 1.165) is 55.2 Å². The van der Waals surface area contributed by atoms with Crippen molar-refractivity contribution in [2.45, 2.75) is 24.9 Å². The summed E-state index contributed by atoms with van der Waals surface area (Å²) in [6.07, 6.45) is 3.71. The Kier molecular flexibility index (Phi) is 7.74. The van der Waals surface area contributed by atoms with Gasteiger partial charge in [0.2, 0.25) is 5.95 Å². The number of methoxy groups -OCH3 is 1. The molecule has 3 aromatic carbocycles. The number of anilines is 5. The minimum absolute atomic E-state index is 0.124. The lowest BCUT2D eigenvalue weighted by Gasteiger charge is -2.38. The normalized spacial score (nSPS) is 15.4. The van der Waals surface area contributed by atoms with E-state index in [4.69, 9.17) is 21.1 Å². The molecule has 1 aromatic heterocycles. The molecule has 1 spiro atoms. The van der Waals surface area contributed by atoms with Crippen molar-refractivity contribution in [1.29, 1.82) is 5.26 Å². The molecule has 2 aliphatic heterocycles. The van der Waals surface area contributed by atoms with E-state index < -0.39 is 0 Å². The van der Waals surface area contributed by atoms with Gasteiger partial charge >= 0.3 is 0 Å². The molecule has 0 unspecified atom stereocenters. The molecular formula is C32H32ClN7O2. The number of piperidine rings is 1. The van der Waals surface area contributed by atoms with E-state index in [0.29, 0.717) is 40.4 Å². The number of nitrogens with zero attached hydrogens (tertiary/aromatic N) is 4. The number of likely N-dealkylation sites (tertiary alicyclic amines) is 1. The van der Waals surface area contributed by atoms with E-state index in [1.807, 2.05) is 36.4 Å². The third-order valence-corrected chi connectivity index (χ3v) is 8.36. The molecule has 4 aromatic rings. The maximum atomic E-state index is 9.71. The number of halogens is 1. The van der Waals surface area contributed by atoms with E-state index in [-0.39, 0.29) is 5.41 Å². The van der Waals surface area contributed by atoms with Gasteiger partial charge in [-0.25, -0.2) is 4.98 Å². The minimum atomic E-state index is 0.124. The van der Waals surface area contributed by atoms with Crippen molar-refractivity contribution in [1.82, 2.24) is 14.9 Å². The monoisotopic (exact) mass is 581 g/mol. The number of fused-ring (bicyclic) bond motifs is 2. The first-order chi connectivity index (χ1) is 20.5. The van der Waals surface area contributed by atoms with Gasteiger partial charge in [0.15, 0.2) is 5.82 Å². The van der Waals surface area contributed by atoms with Gasteiger partial charge in [-0.2, -0.15) is 10.2 Å². The van der Waals surface area contributed by atoms with Crippen LogP contribution in [0.5, 0.6) is 11.5 Å².